The first-order valence-electron chi connectivity index (χ1n) is 6.88. The van der Waals surface area contributed by atoms with Crippen molar-refractivity contribution in [2.45, 2.75) is 12.8 Å². The third kappa shape index (κ3) is 1.38. The van der Waals surface area contributed by atoms with Crippen LogP contribution in [0.3, 0.4) is 0 Å². The van der Waals surface area contributed by atoms with E-state index < -0.39 is 0 Å². The van der Waals surface area contributed by atoms with E-state index in [9.17, 15) is 9.59 Å². The molecule has 1 saturated carbocycles. The number of hydrogen-bond donors (Lipinski definition) is 0. The quantitative estimate of drug-likeness (QED) is 0.569. The van der Waals surface area contributed by atoms with Gasteiger partial charge in [0.1, 0.15) is 0 Å². The SMILES string of the molecule is O=C1[C@@H]2[C@@H](C(=O)N1c1ccccc1)[C@@H]1C=C[C@@H]2CC1. The van der Waals surface area contributed by atoms with Crippen molar-refractivity contribution in [3.63, 3.8) is 0 Å². The van der Waals surface area contributed by atoms with Crippen LogP contribution < -0.4 is 4.90 Å². The van der Waals surface area contributed by atoms with E-state index in [-0.39, 0.29) is 35.5 Å². The van der Waals surface area contributed by atoms with Gasteiger partial charge in [0.15, 0.2) is 0 Å². The lowest BCUT2D eigenvalue weighted by molar-refractivity contribution is -0.124. The number of para-hydroxylation sites is 1. The van der Waals surface area contributed by atoms with Gasteiger partial charge in [0.25, 0.3) is 0 Å². The van der Waals surface area contributed by atoms with Crippen LogP contribution in [0.5, 0.6) is 0 Å². The predicted octanol–water partition coefficient (Wildman–Crippen LogP) is 2.39. The van der Waals surface area contributed by atoms with Crippen LogP contribution in [0.1, 0.15) is 12.8 Å². The van der Waals surface area contributed by atoms with Gasteiger partial charge in [-0.1, -0.05) is 30.4 Å². The predicted molar refractivity (Wildman–Crippen MR) is 71.3 cm³/mol. The van der Waals surface area contributed by atoms with Crippen molar-refractivity contribution >= 4 is 17.5 Å². The molecule has 0 unspecified atom stereocenters. The van der Waals surface area contributed by atoms with Gasteiger partial charge in [0, 0.05) is 0 Å². The highest BCUT2D eigenvalue weighted by atomic mass is 16.2. The normalized spacial score (nSPS) is 35.9. The highest BCUT2D eigenvalue weighted by Gasteiger charge is 2.56. The molecule has 4 aliphatic rings. The second-order valence-corrected chi connectivity index (χ2v) is 5.69. The van der Waals surface area contributed by atoms with Gasteiger partial charge in [-0.05, 0) is 36.8 Å². The van der Waals surface area contributed by atoms with E-state index in [0.29, 0.717) is 5.69 Å². The van der Waals surface area contributed by atoms with E-state index in [2.05, 4.69) is 12.2 Å². The number of rotatable bonds is 1. The van der Waals surface area contributed by atoms with Gasteiger partial charge in [-0.2, -0.15) is 0 Å². The Morgan fingerprint density at radius 3 is 1.84 bits per heavy atom. The fraction of sp³-hybridized carbons (Fsp3) is 0.375. The summed E-state index contributed by atoms with van der Waals surface area (Å²) >= 11 is 0. The molecule has 96 valence electrons. The Morgan fingerprint density at radius 2 is 1.37 bits per heavy atom. The summed E-state index contributed by atoms with van der Waals surface area (Å²) in [6.07, 6.45) is 6.39. The molecule has 3 aliphatic carbocycles. The maximum absolute atomic E-state index is 12.6. The summed E-state index contributed by atoms with van der Waals surface area (Å²) in [7, 11) is 0. The molecule has 3 nitrogen and oxygen atoms in total. The highest BCUT2D eigenvalue weighted by Crippen LogP contribution is 2.50. The molecular formula is C16H15NO2. The third-order valence-electron chi connectivity index (χ3n) is 4.77. The van der Waals surface area contributed by atoms with Crippen LogP contribution in [-0.2, 0) is 9.59 Å². The number of benzene rings is 1. The fourth-order valence-corrected chi connectivity index (χ4v) is 3.91. The van der Waals surface area contributed by atoms with Crippen LogP contribution in [0.25, 0.3) is 0 Å². The molecule has 0 spiro atoms. The molecule has 19 heavy (non-hydrogen) atoms. The minimum Gasteiger partial charge on any atom is -0.274 e. The summed E-state index contributed by atoms with van der Waals surface area (Å²) in [5.41, 5.74) is 0.714. The van der Waals surface area contributed by atoms with Crippen molar-refractivity contribution in [2.75, 3.05) is 4.90 Å². The second-order valence-electron chi connectivity index (χ2n) is 5.69. The Bertz CT molecular complexity index is 546. The Kier molecular flexibility index (Phi) is 2.19. The number of nitrogens with zero attached hydrogens (tertiary/aromatic N) is 1. The maximum Gasteiger partial charge on any atom is 0.238 e. The van der Waals surface area contributed by atoms with Crippen LogP contribution >= 0.6 is 0 Å². The first-order chi connectivity index (χ1) is 9.27. The second kappa shape index (κ2) is 3.80. The zero-order valence-corrected chi connectivity index (χ0v) is 10.5. The van der Waals surface area contributed by atoms with Crippen molar-refractivity contribution in [3.8, 4) is 0 Å². The van der Waals surface area contributed by atoms with Crippen molar-refractivity contribution in [1.82, 2.24) is 0 Å². The average molecular weight is 253 g/mol. The van der Waals surface area contributed by atoms with Gasteiger partial charge in [0.05, 0.1) is 17.5 Å². The zero-order valence-electron chi connectivity index (χ0n) is 10.5. The van der Waals surface area contributed by atoms with Gasteiger partial charge < -0.3 is 0 Å². The number of imide groups is 1. The topological polar surface area (TPSA) is 37.4 Å². The largest absolute Gasteiger partial charge is 0.274 e. The average Bonchev–Trinajstić information content (AvgIpc) is 2.75. The van der Waals surface area contributed by atoms with E-state index in [4.69, 9.17) is 0 Å². The molecule has 4 atom stereocenters. The monoisotopic (exact) mass is 253 g/mol. The highest BCUT2D eigenvalue weighted by molar-refractivity contribution is 6.22. The van der Waals surface area contributed by atoms with E-state index in [1.54, 1.807) is 0 Å². The molecule has 2 bridgehead atoms. The number of amides is 2. The number of carbonyl (C=O) groups is 2. The summed E-state index contributed by atoms with van der Waals surface area (Å²) in [5, 5.41) is 0. The molecular weight excluding hydrogens is 238 g/mol. The lowest BCUT2D eigenvalue weighted by atomic mass is 9.63. The summed E-state index contributed by atoms with van der Waals surface area (Å²) in [5.74, 6) is 0.300. The minimum absolute atomic E-state index is 0.000231. The molecule has 1 heterocycles. The van der Waals surface area contributed by atoms with Crippen LogP contribution in [0.15, 0.2) is 42.5 Å². The summed E-state index contributed by atoms with van der Waals surface area (Å²) in [4.78, 5) is 26.6. The van der Waals surface area contributed by atoms with E-state index in [1.165, 1.54) is 4.90 Å². The number of allylic oxidation sites excluding steroid dienone is 2. The van der Waals surface area contributed by atoms with Gasteiger partial charge in [-0.15, -0.1) is 0 Å². The lowest BCUT2D eigenvalue weighted by Gasteiger charge is -2.38. The Morgan fingerprint density at radius 1 is 0.842 bits per heavy atom. The van der Waals surface area contributed by atoms with Gasteiger partial charge in [-0.3, -0.25) is 14.5 Å². The van der Waals surface area contributed by atoms with Crippen molar-refractivity contribution < 1.29 is 9.59 Å². The number of hydrogen-bond acceptors (Lipinski definition) is 2. The van der Waals surface area contributed by atoms with E-state index >= 15 is 0 Å². The standard InChI is InChI=1S/C16H15NO2/c18-15-13-10-6-7-11(9-8-10)14(13)16(19)17(15)12-4-2-1-3-5-12/h1-7,10-11,13-14H,8-9H2/t10-,11-,13+,14+/m1/s1. The van der Waals surface area contributed by atoms with Crippen LogP contribution in [0.4, 0.5) is 5.69 Å². The number of carbonyl (C=O) groups excluding carboxylic acids is 2. The molecule has 2 amide bonds. The zero-order chi connectivity index (χ0) is 13.0. The van der Waals surface area contributed by atoms with Crippen molar-refractivity contribution in [1.29, 1.82) is 0 Å². The van der Waals surface area contributed by atoms with Crippen LogP contribution in [0.2, 0.25) is 0 Å². The Labute approximate surface area is 111 Å². The van der Waals surface area contributed by atoms with E-state index in [1.807, 2.05) is 30.3 Å². The smallest absolute Gasteiger partial charge is 0.238 e. The molecule has 1 saturated heterocycles. The Balaban J connectivity index is 1.78. The van der Waals surface area contributed by atoms with Crippen molar-refractivity contribution in [2.24, 2.45) is 23.7 Å². The molecule has 5 rings (SSSR count). The van der Waals surface area contributed by atoms with E-state index in [0.717, 1.165) is 12.8 Å². The van der Waals surface area contributed by atoms with Gasteiger partial charge in [0.2, 0.25) is 11.8 Å². The summed E-state index contributed by atoms with van der Waals surface area (Å²) in [6.45, 7) is 0. The van der Waals surface area contributed by atoms with Crippen LogP contribution in [0, 0.1) is 23.7 Å². The van der Waals surface area contributed by atoms with Gasteiger partial charge >= 0.3 is 0 Å². The first-order valence-corrected chi connectivity index (χ1v) is 6.88. The first kappa shape index (κ1) is 11.0. The maximum atomic E-state index is 12.6. The molecule has 3 heteroatoms. The number of anilines is 1. The van der Waals surface area contributed by atoms with Crippen LogP contribution in [-0.4, -0.2) is 11.8 Å². The fourth-order valence-electron chi connectivity index (χ4n) is 3.91. The molecule has 2 fully saturated rings. The Hall–Kier alpha value is -1.90. The van der Waals surface area contributed by atoms with Gasteiger partial charge in [-0.25, -0.2) is 0 Å². The van der Waals surface area contributed by atoms with Crippen molar-refractivity contribution in [3.05, 3.63) is 42.5 Å². The molecule has 1 aromatic rings. The summed E-state index contributed by atoms with van der Waals surface area (Å²) in [6, 6.07) is 9.30. The molecule has 0 radical (unpaired) electrons. The lowest BCUT2D eigenvalue weighted by Crippen LogP contribution is -2.38. The summed E-state index contributed by atoms with van der Waals surface area (Å²) < 4.78 is 0. The minimum atomic E-state index is -0.114. The third-order valence-corrected chi connectivity index (χ3v) is 4.77. The molecule has 0 aromatic heterocycles. The molecule has 0 N–H and O–H groups in total. The number of fused-ring (bicyclic) bond motifs is 1. The molecule has 1 aliphatic heterocycles. The molecule has 1 aromatic carbocycles.